The van der Waals surface area contributed by atoms with Crippen molar-refractivity contribution in [2.24, 2.45) is 0 Å². The van der Waals surface area contributed by atoms with Gasteiger partial charge in [0.2, 0.25) is 5.91 Å². The fourth-order valence-corrected chi connectivity index (χ4v) is 3.81. The summed E-state index contributed by atoms with van der Waals surface area (Å²) in [5.74, 6) is -0.172. The molecule has 0 aliphatic rings. The summed E-state index contributed by atoms with van der Waals surface area (Å²) >= 11 is 1.65. The van der Waals surface area contributed by atoms with E-state index in [2.05, 4.69) is 10.3 Å². The summed E-state index contributed by atoms with van der Waals surface area (Å²) in [6.45, 7) is 2.87. The molecule has 1 heterocycles. The van der Waals surface area contributed by atoms with Crippen LogP contribution in [0.4, 0.5) is 11.4 Å². The Labute approximate surface area is 160 Å². The lowest BCUT2D eigenvalue weighted by atomic mass is 10.1. The van der Waals surface area contributed by atoms with E-state index in [9.17, 15) is 14.9 Å². The second-order valence-corrected chi connectivity index (χ2v) is 7.43. The Morgan fingerprint density at radius 1 is 1.26 bits per heavy atom. The number of amides is 1. The number of nitro benzene ring substituents is 1. The molecular weight excluding hydrogens is 364 g/mol. The van der Waals surface area contributed by atoms with Gasteiger partial charge in [-0.2, -0.15) is 0 Å². The number of para-hydroxylation sites is 1. The maximum absolute atomic E-state index is 12.2. The average Bonchev–Trinajstić information content (AvgIpc) is 3.03. The molecule has 0 saturated carbocycles. The second kappa shape index (κ2) is 8.24. The first-order valence-electron chi connectivity index (χ1n) is 8.51. The molecule has 3 aromatic rings. The van der Waals surface area contributed by atoms with Gasteiger partial charge in [0.05, 0.1) is 32.9 Å². The summed E-state index contributed by atoms with van der Waals surface area (Å²) in [7, 11) is 1.94. The van der Waals surface area contributed by atoms with Crippen molar-refractivity contribution in [3.8, 4) is 0 Å². The Kier molecular flexibility index (Phi) is 5.78. The molecule has 1 N–H and O–H groups in total. The summed E-state index contributed by atoms with van der Waals surface area (Å²) in [6.07, 6.45) is 0.295. The van der Waals surface area contributed by atoms with Gasteiger partial charge in [0.25, 0.3) is 5.69 Å². The molecule has 0 saturated heterocycles. The van der Waals surface area contributed by atoms with Crippen LogP contribution in [0.5, 0.6) is 0 Å². The van der Waals surface area contributed by atoms with Gasteiger partial charge < -0.3 is 5.32 Å². The number of carbonyl (C=O) groups excluding carboxylic acids is 1. The quantitative estimate of drug-likeness (QED) is 0.492. The van der Waals surface area contributed by atoms with Gasteiger partial charge in [0, 0.05) is 19.0 Å². The zero-order valence-corrected chi connectivity index (χ0v) is 16.0. The van der Waals surface area contributed by atoms with E-state index < -0.39 is 4.92 Å². The molecule has 1 aromatic heterocycles. The number of hydrogen-bond acceptors (Lipinski definition) is 6. The minimum Gasteiger partial charge on any atom is -0.326 e. The minimum atomic E-state index is -0.448. The molecule has 0 unspecified atom stereocenters. The molecule has 8 heteroatoms. The van der Waals surface area contributed by atoms with Gasteiger partial charge in [-0.3, -0.25) is 19.8 Å². The smallest absolute Gasteiger partial charge is 0.274 e. The van der Waals surface area contributed by atoms with Crippen molar-refractivity contribution in [2.45, 2.75) is 19.9 Å². The molecule has 0 radical (unpaired) electrons. The highest BCUT2D eigenvalue weighted by atomic mass is 32.1. The summed E-state index contributed by atoms with van der Waals surface area (Å²) in [5, 5.41) is 14.8. The first-order chi connectivity index (χ1) is 12.9. The molecule has 0 aliphatic heterocycles. The predicted octanol–water partition coefficient (Wildman–Crippen LogP) is 3.97. The number of nitrogens with one attached hydrogen (secondary N) is 1. The van der Waals surface area contributed by atoms with Gasteiger partial charge in [-0.15, -0.1) is 11.3 Å². The second-order valence-electron chi connectivity index (χ2n) is 6.32. The van der Waals surface area contributed by atoms with Crippen LogP contribution in [0.25, 0.3) is 10.2 Å². The summed E-state index contributed by atoms with van der Waals surface area (Å²) < 4.78 is 1.15. The maximum Gasteiger partial charge on any atom is 0.274 e. The molecule has 3 rings (SSSR count). The fraction of sp³-hybridized carbons (Fsp3) is 0.263. The number of anilines is 1. The first-order valence-corrected chi connectivity index (χ1v) is 9.32. The van der Waals surface area contributed by atoms with Gasteiger partial charge in [-0.25, -0.2) is 4.98 Å². The number of thiazole rings is 1. The molecule has 1 amide bonds. The van der Waals surface area contributed by atoms with E-state index in [4.69, 9.17) is 0 Å². The summed E-state index contributed by atoms with van der Waals surface area (Å²) in [6, 6.07) is 12.7. The molecule has 0 fully saturated rings. The van der Waals surface area contributed by atoms with Crippen LogP contribution < -0.4 is 5.32 Å². The largest absolute Gasteiger partial charge is 0.326 e. The van der Waals surface area contributed by atoms with Crippen LogP contribution in [-0.2, 0) is 11.3 Å². The fourth-order valence-electron chi connectivity index (χ4n) is 2.76. The Morgan fingerprint density at radius 3 is 2.78 bits per heavy atom. The van der Waals surface area contributed by atoms with Crippen molar-refractivity contribution in [1.82, 2.24) is 9.88 Å². The number of fused-ring (bicyclic) bond motifs is 1. The highest BCUT2D eigenvalue weighted by molar-refractivity contribution is 7.18. The van der Waals surface area contributed by atoms with Crippen molar-refractivity contribution >= 4 is 38.8 Å². The number of aromatic nitrogens is 1. The van der Waals surface area contributed by atoms with Crippen LogP contribution in [-0.4, -0.2) is 34.3 Å². The maximum atomic E-state index is 12.2. The number of nitro groups is 1. The monoisotopic (exact) mass is 384 g/mol. The van der Waals surface area contributed by atoms with E-state index in [1.807, 2.05) is 36.2 Å². The highest BCUT2D eigenvalue weighted by Gasteiger charge is 2.15. The highest BCUT2D eigenvalue weighted by Crippen LogP contribution is 2.25. The van der Waals surface area contributed by atoms with Crippen LogP contribution in [0.3, 0.4) is 0 Å². The Bertz CT molecular complexity index is 953. The molecule has 0 spiro atoms. The Morgan fingerprint density at radius 2 is 2.04 bits per heavy atom. The van der Waals surface area contributed by atoms with Gasteiger partial charge in [0.15, 0.2) is 0 Å². The minimum absolute atomic E-state index is 0.000698. The topological polar surface area (TPSA) is 88.4 Å². The van der Waals surface area contributed by atoms with E-state index in [0.717, 1.165) is 15.2 Å². The number of carbonyl (C=O) groups is 1. The average molecular weight is 384 g/mol. The van der Waals surface area contributed by atoms with E-state index in [1.165, 1.54) is 6.07 Å². The molecule has 0 atom stereocenters. The third-order valence-corrected chi connectivity index (χ3v) is 5.26. The molecule has 0 aliphatic carbocycles. The Hall–Kier alpha value is -2.84. The number of nitrogens with zero attached hydrogens (tertiary/aromatic N) is 3. The summed E-state index contributed by atoms with van der Waals surface area (Å²) in [5.41, 5.74) is 1.92. The normalized spacial score (nSPS) is 11.1. The SMILES string of the molecule is Cc1c(NC(=O)CCN(C)Cc2nc3ccccc3s2)cccc1[N+](=O)[O-]. The van der Waals surface area contributed by atoms with E-state index >= 15 is 0 Å². The van der Waals surface area contributed by atoms with Gasteiger partial charge in [-0.05, 0) is 32.2 Å². The van der Waals surface area contributed by atoms with Crippen LogP contribution >= 0.6 is 11.3 Å². The number of rotatable bonds is 7. The van der Waals surface area contributed by atoms with E-state index in [0.29, 0.717) is 30.8 Å². The van der Waals surface area contributed by atoms with Crippen LogP contribution in [0.1, 0.15) is 17.0 Å². The molecule has 0 bridgehead atoms. The lowest BCUT2D eigenvalue weighted by Gasteiger charge is -2.15. The van der Waals surface area contributed by atoms with Gasteiger partial charge >= 0.3 is 0 Å². The summed E-state index contributed by atoms with van der Waals surface area (Å²) in [4.78, 5) is 29.4. The number of benzene rings is 2. The third kappa shape index (κ3) is 4.66. The molecule has 2 aromatic carbocycles. The van der Waals surface area contributed by atoms with Crippen molar-refractivity contribution in [3.05, 3.63) is 63.1 Å². The third-order valence-electron chi connectivity index (χ3n) is 4.24. The zero-order chi connectivity index (χ0) is 19.4. The molecule has 140 valence electrons. The first kappa shape index (κ1) is 18.9. The van der Waals surface area contributed by atoms with Crippen molar-refractivity contribution in [3.63, 3.8) is 0 Å². The molecule has 27 heavy (non-hydrogen) atoms. The van der Waals surface area contributed by atoms with Crippen molar-refractivity contribution < 1.29 is 9.72 Å². The van der Waals surface area contributed by atoms with Gasteiger partial charge in [0.1, 0.15) is 5.01 Å². The van der Waals surface area contributed by atoms with Crippen LogP contribution in [0, 0.1) is 17.0 Å². The van der Waals surface area contributed by atoms with Crippen molar-refractivity contribution in [1.29, 1.82) is 0 Å². The molecular formula is C19H20N4O3S. The van der Waals surface area contributed by atoms with E-state index in [1.54, 1.807) is 30.4 Å². The molecule has 7 nitrogen and oxygen atoms in total. The standard InChI is InChI=1S/C19H20N4O3S/c1-13-14(7-5-8-16(13)23(25)26)20-18(24)10-11-22(2)12-19-21-15-6-3-4-9-17(15)27-19/h3-9H,10-12H2,1-2H3,(H,20,24). The van der Waals surface area contributed by atoms with Crippen LogP contribution in [0.2, 0.25) is 0 Å². The lowest BCUT2D eigenvalue weighted by molar-refractivity contribution is -0.385. The Balaban J connectivity index is 1.54. The zero-order valence-electron chi connectivity index (χ0n) is 15.1. The predicted molar refractivity (Wildman–Crippen MR) is 107 cm³/mol. The number of hydrogen-bond donors (Lipinski definition) is 1. The van der Waals surface area contributed by atoms with E-state index in [-0.39, 0.29) is 11.6 Å². The lowest BCUT2D eigenvalue weighted by Crippen LogP contribution is -2.24. The van der Waals surface area contributed by atoms with Crippen molar-refractivity contribution in [2.75, 3.05) is 18.9 Å². The van der Waals surface area contributed by atoms with Gasteiger partial charge in [-0.1, -0.05) is 18.2 Å². The van der Waals surface area contributed by atoms with Crippen LogP contribution in [0.15, 0.2) is 42.5 Å².